The third-order valence-electron chi connectivity index (χ3n) is 2.46. The summed E-state index contributed by atoms with van der Waals surface area (Å²) in [5, 5.41) is 3.97. The van der Waals surface area contributed by atoms with Crippen LogP contribution in [0.5, 0.6) is 0 Å². The van der Waals surface area contributed by atoms with E-state index >= 15 is 0 Å². The summed E-state index contributed by atoms with van der Waals surface area (Å²) >= 11 is 0. The van der Waals surface area contributed by atoms with Gasteiger partial charge in [0.25, 0.3) is 0 Å². The molecule has 0 aromatic rings. The van der Waals surface area contributed by atoms with E-state index in [2.05, 4.69) is 18.2 Å². The topological polar surface area (TPSA) is 21.6 Å². The Hall–Kier alpha value is -0.790. The molecule has 1 aliphatic rings. The number of rotatable bonds is 6. The third-order valence-corrected chi connectivity index (χ3v) is 2.46. The predicted molar refractivity (Wildman–Crippen MR) is 60.5 cm³/mol. The fourth-order valence-corrected chi connectivity index (χ4v) is 1.55. The minimum absolute atomic E-state index is 0.762. The molecule has 2 nitrogen and oxygen atoms in total. The van der Waals surface area contributed by atoms with E-state index in [4.69, 9.17) is 4.84 Å². The van der Waals surface area contributed by atoms with E-state index < -0.39 is 0 Å². The molecule has 0 N–H and O–H groups in total. The standard InChI is InChI=1S/C12H21NO/c1-2-3-7-10-14-13-11-12-8-5-4-6-9-12/h8,11H,2-7,9-10H2,1H3. The first-order chi connectivity index (χ1) is 6.93. The van der Waals surface area contributed by atoms with Crippen molar-refractivity contribution in [2.45, 2.75) is 51.9 Å². The van der Waals surface area contributed by atoms with Gasteiger partial charge in [0, 0.05) is 0 Å². The quantitative estimate of drug-likeness (QED) is 0.360. The number of nitrogens with zero attached hydrogens (tertiary/aromatic N) is 1. The Morgan fingerprint density at radius 2 is 2.36 bits per heavy atom. The molecule has 0 atom stereocenters. The fourth-order valence-electron chi connectivity index (χ4n) is 1.55. The first-order valence-corrected chi connectivity index (χ1v) is 5.78. The molecule has 0 aliphatic heterocycles. The van der Waals surface area contributed by atoms with Gasteiger partial charge in [-0.2, -0.15) is 0 Å². The Kier molecular flexibility index (Phi) is 6.13. The molecule has 0 aromatic carbocycles. The van der Waals surface area contributed by atoms with E-state index in [0.29, 0.717) is 0 Å². The molecular formula is C12H21NO. The molecule has 0 fully saturated rings. The summed E-state index contributed by atoms with van der Waals surface area (Å²) in [6.45, 7) is 2.95. The maximum Gasteiger partial charge on any atom is 0.117 e. The van der Waals surface area contributed by atoms with Crippen LogP contribution in [0, 0.1) is 0 Å². The molecule has 1 aliphatic carbocycles. The van der Waals surface area contributed by atoms with Gasteiger partial charge in [-0.05, 0) is 37.7 Å². The van der Waals surface area contributed by atoms with E-state index in [-0.39, 0.29) is 0 Å². The van der Waals surface area contributed by atoms with Crippen LogP contribution in [0.3, 0.4) is 0 Å². The van der Waals surface area contributed by atoms with Crippen LogP contribution in [0.1, 0.15) is 51.9 Å². The lowest BCUT2D eigenvalue weighted by Gasteiger charge is -2.07. The minimum atomic E-state index is 0.762. The monoisotopic (exact) mass is 195 g/mol. The summed E-state index contributed by atoms with van der Waals surface area (Å²) in [5.74, 6) is 0. The summed E-state index contributed by atoms with van der Waals surface area (Å²) in [6, 6.07) is 0. The molecule has 0 amide bonds. The molecule has 0 spiro atoms. The Morgan fingerprint density at radius 3 is 3.07 bits per heavy atom. The highest BCUT2D eigenvalue weighted by molar-refractivity contribution is 5.78. The first kappa shape index (κ1) is 11.3. The van der Waals surface area contributed by atoms with E-state index in [1.165, 1.54) is 44.1 Å². The Morgan fingerprint density at radius 1 is 1.43 bits per heavy atom. The molecule has 14 heavy (non-hydrogen) atoms. The van der Waals surface area contributed by atoms with Crippen LogP contribution in [0.25, 0.3) is 0 Å². The fraction of sp³-hybridized carbons (Fsp3) is 0.750. The average molecular weight is 195 g/mol. The van der Waals surface area contributed by atoms with Gasteiger partial charge < -0.3 is 4.84 Å². The van der Waals surface area contributed by atoms with Crippen LogP contribution in [0.4, 0.5) is 0 Å². The van der Waals surface area contributed by atoms with Crippen molar-refractivity contribution in [1.29, 1.82) is 0 Å². The lowest BCUT2D eigenvalue weighted by molar-refractivity contribution is 0.141. The van der Waals surface area contributed by atoms with Gasteiger partial charge >= 0.3 is 0 Å². The zero-order valence-corrected chi connectivity index (χ0v) is 9.17. The number of allylic oxidation sites excluding steroid dienone is 2. The highest BCUT2D eigenvalue weighted by atomic mass is 16.6. The van der Waals surface area contributed by atoms with Gasteiger partial charge in [-0.15, -0.1) is 0 Å². The van der Waals surface area contributed by atoms with Crippen LogP contribution in [-0.2, 0) is 4.84 Å². The highest BCUT2D eigenvalue weighted by Gasteiger charge is 1.99. The van der Waals surface area contributed by atoms with Crippen molar-refractivity contribution in [3.8, 4) is 0 Å². The van der Waals surface area contributed by atoms with Crippen LogP contribution in [-0.4, -0.2) is 12.8 Å². The minimum Gasteiger partial charge on any atom is -0.396 e. The van der Waals surface area contributed by atoms with Gasteiger partial charge in [-0.3, -0.25) is 0 Å². The van der Waals surface area contributed by atoms with E-state index in [9.17, 15) is 0 Å². The molecular weight excluding hydrogens is 174 g/mol. The number of hydrogen-bond acceptors (Lipinski definition) is 2. The SMILES string of the molecule is CCCCCON=CC1=CCCCC1. The number of oxime groups is 1. The third kappa shape index (κ3) is 5.05. The van der Waals surface area contributed by atoms with Gasteiger partial charge in [-0.1, -0.05) is 31.0 Å². The highest BCUT2D eigenvalue weighted by Crippen LogP contribution is 2.15. The predicted octanol–water partition coefficient (Wildman–Crippen LogP) is 3.68. The molecule has 0 unspecified atom stereocenters. The Labute approximate surface area is 87.0 Å². The second-order valence-electron chi connectivity index (χ2n) is 3.80. The van der Waals surface area contributed by atoms with Crippen molar-refractivity contribution < 1.29 is 4.84 Å². The molecule has 0 aromatic heterocycles. The van der Waals surface area contributed by atoms with E-state index in [1.54, 1.807) is 0 Å². The van der Waals surface area contributed by atoms with Crippen molar-refractivity contribution in [3.05, 3.63) is 11.6 Å². The van der Waals surface area contributed by atoms with Crippen molar-refractivity contribution in [3.63, 3.8) is 0 Å². The molecule has 0 radical (unpaired) electrons. The summed E-state index contributed by atoms with van der Waals surface area (Å²) < 4.78 is 0. The van der Waals surface area contributed by atoms with Crippen LogP contribution in [0.2, 0.25) is 0 Å². The molecule has 0 saturated heterocycles. The molecule has 2 heteroatoms. The molecule has 0 saturated carbocycles. The van der Waals surface area contributed by atoms with E-state index in [1.807, 2.05) is 6.21 Å². The lowest BCUT2D eigenvalue weighted by Crippen LogP contribution is -1.94. The summed E-state index contributed by atoms with van der Waals surface area (Å²) in [6.07, 6.45) is 12.7. The van der Waals surface area contributed by atoms with Crippen molar-refractivity contribution in [2.75, 3.05) is 6.61 Å². The normalized spacial score (nSPS) is 17.1. The molecule has 0 heterocycles. The lowest BCUT2D eigenvalue weighted by atomic mass is 10.0. The van der Waals surface area contributed by atoms with Crippen molar-refractivity contribution in [2.24, 2.45) is 5.16 Å². The van der Waals surface area contributed by atoms with E-state index in [0.717, 1.165) is 13.0 Å². The second kappa shape index (κ2) is 7.60. The summed E-state index contributed by atoms with van der Waals surface area (Å²) in [7, 11) is 0. The van der Waals surface area contributed by atoms with Crippen molar-refractivity contribution >= 4 is 6.21 Å². The number of unbranched alkanes of at least 4 members (excludes halogenated alkanes) is 2. The Bertz CT molecular complexity index is 196. The van der Waals surface area contributed by atoms with Gasteiger partial charge in [0.2, 0.25) is 0 Å². The summed E-state index contributed by atoms with van der Waals surface area (Å²) in [4.78, 5) is 5.17. The molecule has 1 rings (SSSR count). The maximum atomic E-state index is 5.17. The van der Waals surface area contributed by atoms with Gasteiger partial charge in [0.1, 0.15) is 6.61 Å². The van der Waals surface area contributed by atoms with Gasteiger partial charge in [0.05, 0.1) is 6.21 Å². The van der Waals surface area contributed by atoms with Gasteiger partial charge in [-0.25, -0.2) is 0 Å². The first-order valence-electron chi connectivity index (χ1n) is 5.78. The summed E-state index contributed by atoms with van der Waals surface area (Å²) in [5.41, 5.74) is 1.34. The van der Waals surface area contributed by atoms with Gasteiger partial charge in [0.15, 0.2) is 0 Å². The average Bonchev–Trinajstić information content (AvgIpc) is 2.25. The molecule has 80 valence electrons. The van der Waals surface area contributed by atoms with Crippen LogP contribution >= 0.6 is 0 Å². The van der Waals surface area contributed by atoms with Crippen molar-refractivity contribution in [1.82, 2.24) is 0 Å². The second-order valence-corrected chi connectivity index (χ2v) is 3.80. The number of hydrogen-bond donors (Lipinski definition) is 0. The maximum absolute atomic E-state index is 5.17. The zero-order valence-electron chi connectivity index (χ0n) is 9.17. The van der Waals surface area contributed by atoms with Crippen LogP contribution < -0.4 is 0 Å². The largest absolute Gasteiger partial charge is 0.396 e. The Balaban J connectivity index is 2.04. The molecule has 0 bridgehead atoms. The van der Waals surface area contributed by atoms with Crippen LogP contribution in [0.15, 0.2) is 16.8 Å². The smallest absolute Gasteiger partial charge is 0.117 e. The zero-order chi connectivity index (χ0) is 10.1.